The highest BCUT2D eigenvalue weighted by atomic mass is 16.8. The van der Waals surface area contributed by atoms with E-state index in [1.165, 1.54) is 24.3 Å². The van der Waals surface area contributed by atoms with Crippen molar-refractivity contribution in [2.75, 3.05) is 33.2 Å². The average Bonchev–Trinajstić information content (AvgIpc) is 3.92. The Morgan fingerprint density at radius 2 is 1.57 bits per heavy atom. The van der Waals surface area contributed by atoms with Crippen molar-refractivity contribution in [3.8, 4) is 45.6 Å². The second-order valence-corrected chi connectivity index (χ2v) is 19.6. The second-order valence-electron chi connectivity index (χ2n) is 19.6. The molecule has 1 amide bonds. The molecule has 1 unspecified atom stereocenters. The average molecular weight is 1020 g/mol. The van der Waals surface area contributed by atoms with Gasteiger partial charge in [0.25, 0.3) is 5.69 Å². The summed E-state index contributed by atoms with van der Waals surface area (Å²) in [6.45, 7) is 4.77. The van der Waals surface area contributed by atoms with Gasteiger partial charge in [-0.1, -0.05) is 78.7 Å². The Balaban J connectivity index is 1.14. The number of hydrogen-bond donors (Lipinski definition) is 2. The fraction of sp³-hybridized carbons (Fsp3) is 0.390. The molecular weight excluding hydrogens is 959 g/mol. The van der Waals surface area contributed by atoms with Crippen LogP contribution in [0.5, 0.6) is 34.5 Å². The number of rotatable bonds is 21. The quantitative estimate of drug-likeness (QED) is 0.0306. The van der Waals surface area contributed by atoms with E-state index < -0.39 is 35.1 Å². The normalized spacial score (nSPS) is 23.7. The number of allylic oxidation sites excluding steroid dienone is 1. The Bertz CT molecular complexity index is 2850. The van der Waals surface area contributed by atoms with Gasteiger partial charge in [-0.2, -0.15) is 0 Å². The lowest BCUT2D eigenvalue weighted by atomic mass is 9.55. The lowest BCUT2D eigenvalue weighted by Gasteiger charge is -2.59. The molecule has 0 bridgehead atoms. The summed E-state index contributed by atoms with van der Waals surface area (Å²) in [6.07, 6.45) is 9.35. The topological polar surface area (TPSA) is 190 Å². The van der Waals surface area contributed by atoms with Crippen LogP contribution in [0, 0.1) is 27.9 Å². The van der Waals surface area contributed by atoms with Crippen LogP contribution in [0.3, 0.4) is 0 Å². The lowest BCUT2D eigenvalue weighted by Crippen LogP contribution is -2.70. The number of benzene rings is 5. The number of aliphatic hydroxyl groups excluding tert-OH is 2. The highest BCUT2D eigenvalue weighted by molar-refractivity contribution is 6.03. The summed E-state index contributed by atoms with van der Waals surface area (Å²) in [4.78, 5) is 34.4. The van der Waals surface area contributed by atoms with Crippen LogP contribution in [0.2, 0.25) is 0 Å². The van der Waals surface area contributed by atoms with Gasteiger partial charge in [0, 0.05) is 56.2 Å². The zero-order valence-corrected chi connectivity index (χ0v) is 41.8. The first kappa shape index (κ1) is 51.3. The highest BCUT2D eigenvalue weighted by Gasteiger charge is 2.66. The maximum absolute atomic E-state index is 15.3. The molecule has 2 fully saturated rings. The molecule has 3 aliphatic heterocycles. The van der Waals surface area contributed by atoms with E-state index in [0.717, 1.165) is 60.8 Å². The standard InChI is InChI=1S/C59H63N3O13/c1-2-31-71-59-54(61(37-39-17-27-52-53(33-39)70-38-69-52)58(65)73-45-24-20-43(21-25-45)62(66)67)36-50(60-75-55-16-8-11-32-68-55)48-34-42(14-6-9-29-63)47(15-7-10-30-64)56(57(48)59)49-35-46(26-28-51(49)74-59)72-44-22-18-41(19-23-44)40-12-4-3-5-13-40/h2-5,12-13,17-28,33-35,42,47,54-57,63-64H,1,6-11,14-16,29-32,36-38H2/t42-,47+,54-,55?,56+,57+,59+/m0/s1. The molecule has 0 radical (unpaired) electrons. The summed E-state index contributed by atoms with van der Waals surface area (Å²) >= 11 is 0. The van der Waals surface area contributed by atoms with Crippen LogP contribution in [0.15, 0.2) is 145 Å². The number of nitrogens with zero attached hydrogens (tertiary/aromatic N) is 3. The number of aliphatic hydroxyl groups is 2. The van der Waals surface area contributed by atoms with Gasteiger partial charge in [-0.05, 0) is 127 Å². The van der Waals surface area contributed by atoms with E-state index in [1.807, 2.05) is 66.7 Å². The van der Waals surface area contributed by atoms with Crippen LogP contribution in [-0.4, -0.2) is 83.2 Å². The minimum absolute atomic E-state index is 0.0193. The fourth-order valence-electron chi connectivity index (χ4n) is 11.4. The van der Waals surface area contributed by atoms with Crippen LogP contribution in [0.25, 0.3) is 11.1 Å². The van der Waals surface area contributed by atoms with Crippen molar-refractivity contribution in [3.63, 3.8) is 0 Å². The predicted molar refractivity (Wildman–Crippen MR) is 279 cm³/mol. The van der Waals surface area contributed by atoms with Gasteiger partial charge in [0.1, 0.15) is 29.0 Å². The molecule has 3 heterocycles. The van der Waals surface area contributed by atoms with E-state index in [4.69, 9.17) is 43.2 Å². The first-order valence-corrected chi connectivity index (χ1v) is 26.1. The van der Waals surface area contributed by atoms with Crippen molar-refractivity contribution >= 4 is 17.5 Å². The number of carbonyl (C=O) groups is 1. The first-order chi connectivity index (χ1) is 36.7. The SMILES string of the molecule is C=CCO[C@@]12Oc3ccc(Oc4ccc(-c5ccccc5)cc4)cc3[C@H]3[C@H](CCCCO)[C@@H](CCCCO)C=C(C(=NOC4CCCCO4)C[C@@H]1N(Cc1ccc4c(c1)OCO4)C(=O)Oc1ccc([N+](=O)[O-])cc1)[C@H]32. The third-order valence-electron chi connectivity index (χ3n) is 14.9. The minimum Gasteiger partial charge on any atom is -0.459 e. The Kier molecular flexibility index (Phi) is 16.1. The molecule has 0 aromatic heterocycles. The number of carbonyl (C=O) groups excluding carboxylic acids is 1. The van der Waals surface area contributed by atoms with E-state index >= 15 is 4.79 Å². The summed E-state index contributed by atoms with van der Waals surface area (Å²) < 4.78 is 45.1. The number of amides is 1. The lowest BCUT2D eigenvalue weighted by molar-refractivity contribution is -0.384. The van der Waals surface area contributed by atoms with Crippen LogP contribution < -0.4 is 23.7 Å². The van der Waals surface area contributed by atoms with Gasteiger partial charge < -0.3 is 48.2 Å². The third-order valence-corrected chi connectivity index (χ3v) is 14.9. The van der Waals surface area contributed by atoms with Crippen molar-refractivity contribution in [1.29, 1.82) is 0 Å². The molecule has 10 rings (SSSR count). The number of fused-ring (bicyclic) bond motifs is 3. The van der Waals surface area contributed by atoms with E-state index in [2.05, 4.69) is 30.9 Å². The maximum Gasteiger partial charge on any atom is 0.416 e. The zero-order chi connectivity index (χ0) is 51.7. The van der Waals surface area contributed by atoms with Gasteiger partial charge in [0.05, 0.1) is 29.8 Å². The van der Waals surface area contributed by atoms with Gasteiger partial charge in [0.15, 0.2) is 11.5 Å². The van der Waals surface area contributed by atoms with Crippen molar-refractivity contribution < 1.29 is 57.9 Å². The summed E-state index contributed by atoms with van der Waals surface area (Å²) in [5.41, 5.74) is 5.00. The number of hydrogen-bond acceptors (Lipinski definition) is 14. The van der Waals surface area contributed by atoms with Gasteiger partial charge in [-0.3, -0.25) is 15.0 Å². The molecule has 5 aliphatic rings. The molecule has 1 saturated heterocycles. The molecular formula is C59H63N3O13. The monoisotopic (exact) mass is 1020 g/mol. The third kappa shape index (κ3) is 11.2. The number of nitro groups is 1. The van der Waals surface area contributed by atoms with Crippen molar-refractivity contribution in [1.82, 2.24) is 4.90 Å². The maximum atomic E-state index is 15.3. The number of unbranched alkanes of at least 4 members (excludes halogenated alkanes) is 2. The number of non-ortho nitro benzene ring substituents is 1. The molecule has 2 N–H and O–H groups in total. The van der Waals surface area contributed by atoms with E-state index in [-0.39, 0.29) is 68.8 Å². The van der Waals surface area contributed by atoms with Gasteiger partial charge >= 0.3 is 6.09 Å². The van der Waals surface area contributed by atoms with Crippen LogP contribution in [-0.2, 0) is 20.9 Å². The minimum atomic E-state index is -1.64. The Labute approximate surface area is 436 Å². The number of oxime groups is 1. The summed E-state index contributed by atoms with van der Waals surface area (Å²) in [7, 11) is 0. The highest BCUT2D eigenvalue weighted by Crippen LogP contribution is 2.62. The van der Waals surface area contributed by atoms with Crippen LogP contribution >= 0.6 is 0 Å². The first-order valence-electron chi connectivity index (χ1n) is 26.1. The number of nitro benzene ring substituents is 1. The summed E-state index contributed by atoms with van der Waals surface area (Å²) in [5.74, 6) is 0.265. The molecule has 5 aromatic carbocycles. The van der Waals surface area contributed by atoms with Gasteiger partial charge in [-0.15, -0.1) is 6.58 Å². The summed E-state index contributed by atoms with van der Waals surface area (Å²) in [5, 5.41) is 36.9. The van der Waals surface area contributed by atoms with E-state index in [9.17, 15) is 20.3 Å². The molecule has 7 atom stereocenters. The van der Waals surface area contributed by atoms with E-state index in [1.54, 1.807) is 17.0 Å². The van der Waals surface area contributed by atoms with Gasteiger partial charge in [-0.25, -0.2) is 4.79 Å². The Morgan fingerprint density at radius 1 is 0.840 bits per heavy atom. The molecule has 392 valence electrons. The van der Waals surface area contributed by atoms with Crippen molar-refractivity contribution in [3.05, 3.63) is 161 Å². The molecule has 16 heteroatoms. The number of ether oxygens (including phenoxy) is 7. The molecule has 5 aromatic rings. The molecule has 0 spiro atoms. The van der Waals surface area contributed by atoms with E-state index in [0.29, 0.717) is 65.9 Å². The molecule has 2 aliphatic carbocycles. The smallest absolute Gasteiger partial charge is 0.416 e. The van der Waals surface area contributed by atoms with Crippen LogP contribution in [0.1, 0.15) is 81.3 Å². The van der Waals surface area contributed by atoms with Crippen LogP contribution in [0.4, 0.5) is 10.5 Å². The van der Waals surface area contributed by atoms with Crippen molar-refractivity contribution in [2.45, 2.75) is 94.8 Å². The Morgan fingerprint density at radius 3 is 2.32 bits per heavy atom. The summed E-state index contributed by atoms with van der Waals surface area (Å²) in [6, 6.07) is 33.8. The molecule has 16 nitrogen and oxygen atoms in total. The largest absolute Gasteiger partial charge is 0.459 e. The second kappa shape index (κ2) is 23.5. The van der Waals surface area contributed by atoms with Gasteiger partial charge in [0.2, 0.25) is 18.9 Å². The Hall–Kier alpha value is -7.24. The predicted octanol–water partition coefficient (Wildman–Crippen LogP) is 11.6. The zero-order valence-electron chi connectivity index (χ0n) is 41.8. The molecule has 75 heavy (non-hydrogen) atoms. The molecule has 1 saturated carbocycles. The fourth-order valence-corrected chi connectivity index (χ4v) is 11.4. The van der Waals surface area contributed by atoms with Crippen molar-refractivity contribution in [2.24, 2.45) is 22.9 Å².